The SMILES string of the molecule is OC(Cc1ccccc1F)c1ccncc1Cl. The van der Waals surface area contributed by atoms with Crippen molar-refractivity contribution >= 4 is 11.6 Å². The first-order chi connectivity index (χ1) is 8.18. The van der Waals surface area contributed by atoms with E-state index in [-0.39, 0.29) is 12.2 Å². The number of aliphatic hydroxyl groups is 1. The van der Waals surface area contributed by atoms with Crippen LogP contribution in [0.3, 0.4) is 0 Å². The molecule has 88 valence electrons. The van der Waals surface area contributed by atoms with Gasteiger partial charge in [0.1, 0.15) is 5.82 Å². The molecular formula is C13H11ClFNO. The van der Waals surface area contributed by atoms with Crippen molar-refractivity contribution < 1.29 is 9.50 Å². The maximum atomic E-state index is 13.4. The van der Waals surface area contributed by atoms with Crippen LogP contribution in [0.2, 0.25) is 5.02 Å². The van der Waals surface area contributed by atoms with Gasteiger partial charge in [0.2, 0.25) is 0 Å². The van der Waals surface area contributed by atoms with E-state index in [1.54, 1.807) is 30.5 Å². The molecular weight excluding hydrogens is 241 g/mol. The molecule has 2 rings (SSSR count). The molecule has 2 nitrogen and oxygen atoms in total. The number of pyridine rings is 1. The van der Waals surface area contributed by atoms with Crippen molar-refractivity contribution in [3.8, 4) is 0 Å². The Bertz CT molecular complexity index is 518. The normalized spacial score (nSPS) is 12.4. The zero-order valence-electron chi connectivity index (χ0n) is 8.98. The summed E-state index contributed by atoms with van der Waals surface area (Å²) >= 11 is 5.91. The molecule has 4 heteroatoms. The molecule has 0 aliphatic rings. The maximum Gasteiger partial charge on any atom is 0.126 e. The average molecular weight is 252 g/mol. The number of hydrogen-bond donors (Lipinski definition) is 1. The molecule has 0 saturated carbocycles. The average Bonchev–Trinajstić information content (AvgIpc) is 2.32. The number of benzene rings is 1. The van der Waals surface area contributed by atoms with Gasteiger partial charge in [-0.3, -0.25) is 4.98 Å². The molecule has 17 heavy (non-hydrogen) atoms. The Morgan fingerprint density at radius 1 is 1.29 bits per heavy atom. The van der Waals surface area contributed by atoms with Gasteiger partial charge in [-0.15, -0.1) is 0 Å². The Morgan fingerprint density at radius 2 is 2.06 bits per heavy atom. The molecule has 1 aromatic heterocycles. The Labute approximate surface area is 104 Å². The molecule has 0 amide bonds. The number of rotatable bonds is 3. The summed E-state index contributed by atoms with van der Waals surface area (Å²) in [5, 5.41) is 10.4. The summed E-state index contributed by atoms with van der Waals surface area (Å²) in [4.78, 5) is 3.83. The Kier molecular flexibility index (Phi) is 3.71. The third-order valence-corrected chi connectivity index (χ3v) is 2.85. The van der Waals surface area contributed by atoms with Crippen LogP contribution >= 0.6 is 11.6 Å². The minimum Gasteiger partial charge on any atom is -0.388 e. The van der Waals surface area contributed by atoms with Crippen LogP contribution in [0.4, 0.5) is 4.39 Å². The van der Waals surface area contributed by atoms with Crippen LogP contribution in [0.5, 0.6) is 0 Å². The van der Waals surface area contributed by atoms with Crippen molar-refractivity contribution in [1.29, 1.82) is 0 Å². The topological polar surface area (TPSA) is 33.1 Å². The van der Waals surface area contributed by atoms with Crippen LogP contribution < -0.4 is 0 Å². The van der Waals surface area contributed by atoms with Crippen molar-refractivity contribution in [1.82, 2.24) is 4.98 Å². The predicted octanol–water partition coefficient (Wildman–Crippen LogP) is 3.15. The first kappa shape index (κ1) is 12.0. The van der Waals surface area contributed by atoms with Gasteiger partial charge in [0.25, 0.3) is 0 Å². The number of aliphatic hydroxyl groups excluding tert-OH is 1. The van der Waals surface area contributed by atoms with Crippen LogP contribution in [0.25, 0.3) is 0 Å². The molecule has 2 aromatic rings. The van der Waals surface area contributed by atoms with Crippen molar-refractivity contribution in [3.63, 3.8) is 0 Å². The Balaban J connectivity index is 2.20. The van der Waals surface area contributed by atoms with Gasteiger partial charge in [-0.05, 0) is 17.7 Å². The molecule has 0 fully saturated rings. The van der Waals surface area contributed by atoms with Crippen molar-refractivity contribution in [2.45, 2.75) is 12.5 Å². The van der Waals surface area contributed by atoms with E-state index in [2.05, 4.69) is 4.98 Å². The van der Waals surface area contributed by atoms with Gasteiger partial charge in [0.15, 0.2) is 0 Å². The number of aromatic nitrogens is 1. The maximum absolute atomic E-state index is 13.4. The van der Waals surface area contributed by atoms with Crippen LogP contribution in [-0.2, 0) is 6.42 Å². The van der Waals surface area contributed by atoms with E-state index in [4.69, 9.17) is 11.6 Å². The van der Waals surface area contributed by atoms with Crippen molar-refractivity contribution in [3.05, 3.63) is 64.7 Å². The molecule has 0 radical (unpaired) electrons. The molecule has 1 atom stereocenters. The summed E-state index contributed by atoms with van der Waals surface area (Å²) in [6.07, 6.45) is 2.37. The highest BCUT2D eigenvalue weighted by atomic mass is 35.5. The quantitative estimate of drug-likeness (QED) is 0.909. The second-order valence-electron chi connectivity index (χ2n) is 3.71. The molecule has 0 aliphatic heterocycles. The first-order valence-electron chi connectivity index (χ1n) is 5.19. The highest BCUT2D eigenvalue weighted by molar-refractivity contribution is 6.31. The molecule has 1 heterocycles. The van der Waals surface area contributed by atoms with E-state index in [9.17, 15) is 9.50 Å². The highest BCUT2D eigenvalue weighted by Gasteiger charge is 2.13. The monoisotopic (exact) mass is 251 g/mol. The van der Waals surface area contributed by atoms with Gasteiger partial charge >= 0.3 is 0 Å². The third-order valence-electron chi connectivity index (χ3n) is 2.53. The predicted molar refractivity (Wildman–Crippen MR) is 64.3 cm³/mol. The van der Waals surface area contributed by atoms with E-state index < -0.39 is 6.10 Å². The second-order valence-corrected chi connectivity index (χ2v) is 4.12. The fourth-order valence-corrected chi connectivity index (χ4v) is 1.88. The summed E-state index contributed by atoms with van der Waals surface area (Å²) < 4.78 is 13.4. The summed E-state index contributed by atoms with van der Waals surface area (Å²) in [5.41, 5.74) is 1.03. The summed E-state index contributed by atoms with van der Waals surface area (Å²) in [5.74, 6) is -0.322. The molecule has 0 saturated heterocycles. The molecule has 1 N–H and O–H groups in total. The third kappa shape index (κ3) is 2.81. The van der Waals surface area contributed by atoms with Crippen LogP contribution in [0, 0.1) is 5.82 Å². The fourth-order valence-electron chi connectivity index (χ4n) is 1.64. The smallest absolute Gasteiger partial charge is 0.126 e. The van der Waals surface area contributed by atoms with Crippen molar-refractivity contribution in [2.75, 3.05) is 0 Å². The van der Waals surface area contributed by atoms with Crippen molar-refractivity contribution in [2.24, 2.45) is 0 Å². The van der Waals surface area contributed by atoms with E-state index in [1.165, 1.54) is 12.3 Å². The van der Waals surface area contributed by atoms with Crippen LogP contribution in [0.15, 0.2) is 42.7 Å². The van der Waals surface area contributed by atoms with Gasteiger partial charge in [0.05, 0.1) is 11.1 Å². The van der Waals surface area contributed by atoms with Gasteiger partial charge in [-0.25, -0.2) is 4.39 Å². The van der Waals surface area contributed by atoms with Crippen LogP contribution in [-0.4, -0.2) is 10.1 Å². The van der Waals surface area contributed by atoms with Crippen LogP contribution in [0.1, 0.15) is 17.2 Å². The van der Waals surface area contributed by atoms with E-state index in [1.807, 2.05) is 0 Å². The standard InChI is InChI=1S/C13H11ClFNO/c14-11-8-16-6-5-10(11)13(17)7-9-3-1-2-4-12(9)15/h1-6,8,13,17H,7H2. The van der Waals surface area contributed by atoms with E-state index in [0.717, 1.165) is 0 Å². The van der Waals surface area contributed by atoms with E-state index in [0.29, 0.717) is 16.1 Å². The second kappa shape index (κ2) is 5.25. The minimum absolute atomic E-state index is 0.191. The number of halogens is 2. The summed E-state index contributed by atoms with van der Waals surface area (Å²) in [6, 6.07) is 8.00. The molecule has 1 aromatic carbocycles. The largest absolute Gasteiger partial charge is 0.388 e. The lowest BCUT2D eigenvalue weighted by Gasteiger charge is -2.12. The zero-order chi connectivity index (χ0) is 12.3. The Hall–Kier alpha value is -1.45. The molecule has 0 spiro atoms. The zero-order valence-corrected chi connectivity index (χ0v) is 9.73. The van der Waals surface area contributed by atoms with Gasteiger partial charge < -0.3 is 5.11 Å². The van der Waals surface area contributed by atoms with Gasteiger partial charge in [-0.1, -0.05) is 29.8 Å². The fraction of sp³-hybridized carbons (Fsp3) is 0.154. The lowest BCUT2D eigenvalue weighted by atomic mass is 10.0. The number of hydrogen-bond acceptors (Lipinski definition) is 2. The number of nitrogens with zero attached hydrogens (tertiary/aromatic N) is 1. The summed E-state index contributed by atoms with van der Waals surface area (Å²) in [7, 11) is 0. The first-order valence-corrected chi connectivity index (χ1v) is 5.57. The molecule has 1 unspecified atom stereocenters. The summed E-state index contributed by atoms with van der Waals surface area (Å²) in [6.45, 7) is 0. The van der Waals surface area contributed by atoms with Gasteiger partial charge in [-0.2, -0.15) is 0 Å². The van der Waals surface area contributed by atoms with Gasteiger partial charge in [0, 0.05) is 24.4 Å². The molecule has 0 bridgehead atoms. The lowest BCUT2D eigenvalue weighted by Crippen LogP contribution is -2.04. The minimum atomic E-state index is -0.831. The lowest BCUT2D eigenvalue weighted by molar-refractivity contribution is 0.177. The van der Waals surface area contributed by atoms with E-state index >= 15 is 0 Å². The molecule has 0 aliphatic carbocycles. The Morgan fingerprint density at radius 3 is 2.76 bits per heavy atom. The highest BCUT2D eigenvalue weighted by Crippen LogP contribution is 2.25.